The number of carbonyl (C=O) groups is 1. The molecule has 6 nitrogen and oxygen atoms in total. The fraction of sp³-hybridized carbons (Fsp3) is 0.154. The van der Waals surface area contributed by atoms with E-state index in [0.717, 1.165) is 21.9 Å². The minimum Gasteiger partial charge on any atom is -0.348 e. The Morgan fingerprint density at radius 3 is 2.31 bits per heavy atom. The molecule has 4 aromatic rings. The number of benzene rings is 3. The van der Waals surface area contributed by atoms with Crippen molar-refractivity contribution in [2.45, 2.75) is 17.4 Å². The molecule has 1 unspecified atom stereocenters. The number of nitrogens with one attached hydrogen (secondary N) is 1. The summed E-state index contributed by atoms with van der Waals surface area (Å²) in [5.74, 6) is -0.215. The maximum atomic E-state index is 13.2. The Hall–Kier alpha value is -2.97. The number of carbonyl (C=O) groups excluding carboxylic acids is 1. The molecule has 9 heteroatoms. The van der Waals surface area contributed by atoms with Crippen LogP contribution in [0.5, 0.6) is 0 Å². The van der Waals surface area contributed by atoms with E-state index in [1.54, 1.807) is 54.9 Å². The number of hydrogen-bond acceptors (Lipinski definition) is 4. The first kappa shape index (κ1) is 25.1. The van der Waals surface area contributed by atoms with Gasteiger partial charge in [0.15, 0.2) is 0 Å². The van der Waals surface area contributed by atoms with Crippen LogP contribution in [-0.2, 0) is 10.0 Å². The number of nitrogens with zero attached hydrogens (tertiary/aromatic N) is 2. The second-order valence-electron chi connectivity index (χ2n) is 8.29. The summed E-state index contributed by atoms with van der Waals surface area (Å²) in [6, 6.07) is 21.3. The van der Waals surface area contributed by atoms with Crippen molar-refractivity contribution in [3.63, 3.8) is 0 Å². The van der Waals surface area contributed by atoms with Gasteiger partial charge in [-0.05, 0) is 76.9 Å². The van der Waals surface area contributed by atoms with E-state index in [4.69, 9.17) is 11.6 Å². The van der Waals surface area contributed by atoms with E-state index in [9.17, 15) is 13.2 Å². The van der Waals surface area contributed by atoms with E-state index in [0.29, 0.717) is 23.6 Å². The first-order valence-electron chi connectivity index (χ1n) is 10.9. The fourth-order valence-electron chi connectivity index (χ4n) is 4.20. The number of fused-ring (bicyclic) bond motifs is 1. The number of rotatable bonds is 5. The normalized spacial score (nSPS) is 16.1. The van der Waals surface area contributed by atoms with Gasteiger partial charge in [0.2, 0.25) is 10.0 Å². The van der Waals surface area contributed by atoms with Gasteiger partial charge >= 0.3 is 0 Å². The topological polar surface area (TPSA) is 79.4 Å². The van der Waals surface area contributed by atoms with Gasteiger partial charge in [0.05, 0.1) is 4.90 Å². The van der Waals surface area contributed by atoms with Gasteiger partial charge in [-0.3, -0.25) is 9.78 Å². The molecule has 0 saturated carbocycles. The third-order valence-corrected chi connectivity index (χ3v) is 8.15. The van der Waals surface area contributed by atoms with Crippen LogP contribution in [-0.4, -0.2) is 42.7 Å². The van der Waals surface area contributed by atoms with Gasteiger partial charge in [0.1, 0.15) is 0 Å². The van der Waals surface area contributed by atoms with Crippen LogP contribution in [0.4, 0.5) is 0 Å². The number of halogens is 2. The Balaban J connectivity index is 0.00000289. The van der Waals surface area contributed by atoms with Crippen LogP contribution in [0.1, 0.15) is 16.8 Å². The molecule has 1 saturated heterocycles. The molecular weight excluding hydrogens is 505 g/mol. The van der Waals surface area contributed by atoms with Crippen molar-refractivity contribution < 1.29 is 13.2 Å². The molecule has 0 bridgehead atoms. The van der Waals surface area contributed by atoms with Crippen molar-refractivity contribution in [2.75, 3.05) is 13.1 Å². The molecule has 1 aromatic heterocycles. The highest BCUT2D eigenvalue weighted by atomic mass is 35.5. The van der Waals surface area contributed by atoms with Crippen LogP contribution in [0, 0.1) is 0 Å². The summed E-state index contributed by atoms with van der Waals surface area (Å²) < 4.78 is 27.8. The highest BCUT2D eigenvalue weighted by molar-refractivity contribution is 7.89. The standard InChI is InChI=1S/C26H22ClN3O3S.ClH/c27-23-7-5-22-16-25(8-6-21(22)15-23)34(32,33)30-14-11-24(17-30)29-26(31)20-3-1-18(2-4-20)19-9-12-28-13-10-19;/h1-10,12-13,15-16,24H,11,14,17H2,(H,29,31);1H. The summed E-state index contributed by atoms with van der Waals surface area (Å²) in [7, 11) is -3.67. The summed E-state index contributed by atoms with van der Waals surface area (Å²) in [6.07, 6.45) is 4.01. The summed E-state index contributed by atoms with van der Waals surface area (Å²) in [5, 5.41) is 5.27. The molecule has 3 aromatic carbocycles. The van der Waals surface area contributed by atoms with E-state index in [1.807, 2.05) is 30.3 Å². The van der Waals surface area contributed by atoms with E-state index in [2.05, 4.69) is 10.3 Å². The molecule has 35 heavy (non-hydrogen) atoms. The van der Waals surface area contributed by atoms with Crippen LogP contribution in [0.15, 0.2) is 90.1 Å². The molecule has 1 atom stereocenters. The molecule has 1 fully saturated rings. The van der Waals surface area contributed by atoms with Crippen LogP contribution < -0.4 is 5.32 Å². The average Bonchev–Trinajstić information content (AvgIpc) is 3.33. The largest absolute Gasteiger partial charge is 0.348 e. The predicted octanol–water partition coefficient (Wildman–Crippen LogP) is 5.17. The van der Waals surface area contributed by atoms with Crippen molar-refractivity contribution >= 4 is 50.7 Å². The lowest BCUT2D eigenvalue weighted by molar-refractivity contribution is 0.0939. The van der Waals surface area contributed by atoms with Gasteiger partial charge in [-0.25, -0.2) is 8.42 Å². The summed E-state index contributed by atoms with van der Waals surface area (Å²) in [6.45, 7) is 0.592. The fourth-order valence-corrected chi connectivity index (χ4v) is 5.91. The minimum atomic E-state index is -3.67. The number of amides is 1. The van der Waals surface area contributed by atoms with Crippen LogP contribution in [0.2, 0.25) is 5.02 Å². The van der Waals surface area contributed by atoms with Gasteiger partial charge in [0.25, 0.3) is 5.91 Å². The number of aromatic nitrogens is 1. The number of sulfonamides is 1. The molecule has 0 spiro atoms. The van der Waals surface area contributed by atoms with Crippen molar-refractivity contribution in [3.8, 4) is 11.1 Å². The quantitative estimate of drug-likeness (QED) is 0.388. The highest BCUT2D eigenvalue weighted by Gasteiger charge is 2.33. The lowest BCUT2D eigenvalue weighted by atomic mass is 10.0. The van der Waals surface area contributed by atoms with Crippen molar-refractivity contribution in [3.05, 3.63) is 95.8 Å². The van der Waals surface area contributed by atoms with Gasteiger partial charge in [-0.15, -0.1) is 12.4 Å². The van der Waals surface area contributed by atoms with Gasteiger partial charge < -0.3 is 5.32 Å². The summed E-state index contributed by atoms with van der Waals surface area (Å²) in [5.41, 5.74) is 2.55. The van der Waals surface area contributed by atoms with Crippen LogP contribution >= 0.6 is 24.0 Å². The van der Waals surface area contributed by atoms with Crippen LogP contribution in [0.3, 0.4) is 0 Å². The third-order valence-electron chi connectivity index (χ3n) is 6.06. The number of pyridine rings is 1. The lowest BCUT2D eigenvalue weighted by Gasteiger charge is -2.18. The Bertz CT molecular complexity index is 1460. The van der Waals surface area contributed by atoms with E-state index < -0.39 is 10.0 Å². The van der Waals surface area contributed by atoms with Crippen molar-refractivity contribution in [1.29, 1.82) is 0 Å². The zero-order valence-corrected chi connectivity index (χ0v) is 21.0. The van der Waals surface area contributed by atoms with E-state index in [1.165, 1.54) is 4.31 Å². The van der Waals surface area contributed by atoms with E-state index in [-0.39, 0.29) is 35.8 Å². The van der Waals surface area contributed by atoms with Gasteiger partial charge in [-0.1, -0.05) is 35.9 Å². The highest BCUT2D eigenvalue weighted by Crippen LogP contribution is 2.26. The van der Waals surface area contributed by atoms with E-state index >= 15 is 0 Å². The second kappa shape index (κ2) is 10.3. The molecular formula is C26H23Cl2N3O3S. The molecule has 1 N–H and O–H groups in total. The van der Waals surface area contributed by atoms with Gasteiger partial charge in [-0.2, -0.15) is 4.31 Å². The smallest absolute Gasteiger partial charge is 0.251 e. The molecule has 5 rings (SSSR count). The Kier molecular flexibility index (Phi) is 7.42. The Labute approximate surface area is 215 Å². The Morgan fingerprint density at radius 1 is 0.914 bits per heavy atom. The molecule has 2 heterocycles. The van der Waals surface area contributed by atoms with Crippen molar-refractivity contribution in [2.24, 2.45) is 0 Å². The average molecular weight is 528 g/mol. The SMILES string of the molecule is Cl.O=C(NC1CCN(S(=O)(=O)c2ccc3cc(Cl)ccc3c2)C1)c1ccc(-c2ccncc2)cc1. The van der Waals surface area contributed by atoms with Gasteiger partial charge in [0, 0.05) is 42.1 Å². The molecule has 1 amide bonds. The minimum absolute atomic E-state index is 0. The summed E-state index contributed by atoms with van der Waals surface area (Å²) in [4.78, 5) is 17.0. The molecule has 1 aliphatic heterocycles. The summed E-state index contributed by atoms with van der Waals surface area (Å²) >= 11 is 6.03. The zero-order valence-electron chi connectivity index (χ0n) is 18.6. The first-order valence-corrected chi connectivity index (χ1v) is 12.7. The maximum absolute atomic E-state index is 13.2. The monoisotopic (exact) mass is 527 g/mol. The zero-order chi connectivity index (χ0) is 23.7. The molecule has 180 valence electrons. The maximum Gasteiger partial charge on any atom is 0.251 e. The second-order valence-corrected chi connectivity index (χ2v) is 10.7. The number of hydrogen-bond donors (Lipinski definition) is 1. The molecule has 0 aliphatic carbocycles. The molecule has 1 aliphatic rings. The van der Waals surface area contributed by atoms with Crippen LogP contribution in [0.25, 0.3) is 21.9 Å². The first-order chi connectivity index (χ1) is 16.4. The van der Waals surface area contributed by atoms with Crippen molar-refractivity contribution in [1.82, 2.24) is 14.6 Å². The molecule has 0 radical (unpaired) electrons. The third kappa shape index (κ3) is 5.33. The predicted molar refractivity (Wildman–Crippen MR) is 141 cm³/mol. The Morgan fingerprint density at radius 2 is 1.57 bits per heavy atom. The lowest BCUT2D eigenvalue weighted by Crippen LogP contribution is -2.38.